The van der Waals surface area contributed by atoms with Crippen molar-refractivity contribution >= 4 is 5.78 Å². The Morgan fingerprint density at radius 1 is 1.05 bits per heavy atom. The molecule has 3 rings (SSSR count). The van der Waals surface area contributed by atoms with Crippen molar-refractivity contribution in [3.05, 3.63) is 70.8 Å². The lowest BCUT2D eigenvalue weighted by Crippen LogP contribution is -2.14. The van der Waals surface area contributed by atoms with E-state index < -0.39 is 11.6 Å². The monoisotopic (exact) mass is 272 g/mol. The van der Waals surface area contributed by atoms with E-state index >= 15 is 0 Å². The molecule has 102 valence electrons. The highest BCUT2D eigenvalue weighted by molar-refractivity contribution is 5.88. The highest BCUT2D eigenvalue weighted by Gasteiger charge is 2.29. The normalized spacial score (nSPS) is 17.0. The minimum atomic E-state index is -0.648. The van der Waals surface area contributed by atoms with Gasteiger partial charge in [0.15, 0.2) is 0 Å². The Bertz CT molecular complexity index is 644. The fraction of sp³-hybridized carbons (Fsp3) is 0.235. The Kier molecular flexibility index (Phi) is 3.35. The molecule has 2 aromatic carbocycles. The molecule has 0 aliphatic heterocycles. The van der Waals surface area contributed by atoms with Gasteiger partial charge in [-0.15, -0.1) is 0 Å². The molecular weight excluding hydrogens is 258 g/mol. The molecule has 0 saturated heterocycles. The van der Waals surface area contributed by atoms with Crippen LogP contribution in [0.1, 0.15) is 29.0 Å². The Balaban J connectivity index is 1.85. The molecule has 1 atom stereocenters. The number of hydrogen-bond acceptors (Lipinski definition) is 1. The Labute approximate surface area is 116 Å². The zero-order valence-corrected chi connectivity index (χ0v) is 10.9. The molecule has 0 N–H and O–H groups in total. The zero-order valence-electron chi connectivity index (χ0n) is 10.9. The van der Waals surface area contributed by atoms with Gasteiger partial charge in [-0.25, -0.2) is 8.78 Å². The van der Waals surface area contributed by atoms with Crippen molar-refractivity contribution in [1.29, 1.82) is 0 Å². The molecule has 3 heteroatoms. The van der Waals surface area contributed by atoms with Gasteiger partial charge >= 0.3 is 0 Å². The third-order valence-corrected chi connectivity index (χ3v) is 3.93. The Morgan fingerprint density at radius 2 is 1.75 bits per heavy atom. The van der Waals surface area contributed by atoms with Gasteiger partial charge in [0, 0.05) is 17.9 Å². The van der Waals surface area contributed by atoms with Gasteiger partial charge in [0.1, 0.15) is 17.4 Å². The average molecular weight is 272 g/mol. The van der Waals surface area contributed by atoms with Crippen LogP contribution in [0.4, 0.5) is 8.78 Å². The summed E-state index contributed by atoms with van der Waals surface area (Å²) in [6.45, 7) is 0. The number of carbonyl (C=O) groups excluding carboxylic acids is 1. The molecule has 1 unspecified atom stereocenters. The van der Waals surface area contributed by atoms with Gasteiger partial charge in [-0.2, -0.15) is 0 Å². The van der Waals surface area contributed by atoms with Crippen molar-refractivity contribution in [2.24, 2.45) is 0 Å². The van der Waals surface area contributed by atoms with E-state index in [1.807, 2.05) is 24.3 Å². The summed E-state index contributed by atoms with van der Waals surface area (Å²) in [5.41, 5.74) is 2.05. The van der Waals surface area contributed by atoms with Crippen LogP contribution in [0.25, 0.3) is 0 Å². The molecule has 0 radical (unpaired) electrons. The first-order chi connectivity index (χ1) is 9.66. The standard InChI is InChI=1S/C17H14F2O/c18-15-6-3-7-16(19)14(15)10-17(20)13-9-8-11-4-1-2-5-12(11)13/h1-7,13H,8-10H2. The van der Waals surface area contributed by atoms with Crippen molar-refractivity contribution < 1.29 is 13.6 Å². The van der Waals surface area contributed by atoms with Crippen molar-refractivity contribution in [1.82, 2.24) is 0 Å². The smallest absolute Gasteiger partial charge is 0.144 e. The van der Waals surface area contributed by atoms with Gasteiger partial charge in [-0.3, -0.25) is 4.79 Å². The molecule has 0 fully saturated rings. The number of carbonyl (C=O) groups is 1. The number of aryl methyl sites for hydroxylation is 1. The van der Waals surface area contributed by atoms with Gasteiger partial charge in [-0.1, -0.05) is 30.3 Å². The summed E-state index contributed by atoms with van der Waals surface area (Å²) in [5.74, 6) is -1.64. The number of hydrogen-bond donors (Lipinski definition) is 0. The molecule has 1 aliphatic carbocycles. The lowest BCUT2D eigenvalue weighted by Gasteiger charge is -2.11. The van der Waals surface area contributed by atoms with E-state index in [-0.39, 0.29) is 23.7 Å². The van der Waals surface area contributed by atoms with Crippen molar-refractivity contribution in [3.63, 3.8) is 0 Å². The molecular formula is C17H14F2O. The molecule has 2 aromatic rings. The van der Waals surface area contributed by atoms with Crippen LogP contribution in [-0.4, -0.2) is 5.78 Å². The maximum atomic E-state index is 13.6. The average Bonchev–Trinajstić information content (AvgIpc) is 2.87. The van der Waals surface area contributed by atoms with Crippen LogP contribution in [-0.2, 0) is 17.6 Å². The quantitative estimate of drug-likeness (QED) is 0.830. The number of ketones is 1. The Hall–Kier alpha value is -2.03. The van der Waals surface area contributed by atoms with Gasteiger partial charge in [-0.05, 0) is 36.1 Å². The summed E-state index contributed by atoms with van der Waals surface area (Å²) in [5, 5.41) is 0. The second-order valence-corrected chi connectivity index (χ2v) is 5.13. The minimum absolute atomic E-state index is 0.112. The largest absolute Gasteiger partial charge is 0.299 e. The number of rotatable bonds is 3. The molecule has 0 amide bonds. The van der Waals surface area contributed by atoms with E-state index in [4.69, 9.17) is 0 Å². The molecule has 0 heterocycles. The minimum Gasteiger partial charge on any atom is -0.299 e. The van der Waals surface area contributed by atoms with Gasteiger partial charge in [0.05, 0.1) is 0 Å². The number of Topliss-reactive ketones (excluding diaryl/α,β-unsaturated/α-hetero) is 1. The predicted octanol–water partition coefficient (Wildman–Crippen LogP) is 3.81. The molecule has 0 saturated carbocycles. The van der Waals surface area contributed by atoms with Gasteiger partial charge in [0.25, 0.3) is 0 Å². The van der Waals surface area contributed by atoms with Crippen LogP contribution in [0.2, 0.25) is 0 Å². The zero-order chi connectivity index (χ0) is 14.1. The fourth-order valence-electron chi connectivity index (χ4n) is 2.89. The van der Waals surface area contributed by atoms with Crippen molar-refractivity contribution in [2.45, 2.75) is 25.2 Å². The first-order valence-electron chi connectivity index (χ1n) is 6.70. The van der Waals surface area contributed by atoms with Crippen molar-refractivity contribution in [2.75, 3.05) is 0 Å². The van der Waals surface area contributed by atoms with Gasteiger partial charge in [0.2, 0.25) is 0 Å². The van der Waals surface area contributed by atoms with Crippen LogP contribution in [0, 0.1) is 11.6 Å². The second kappa shape index (κ2) is 5.16. The fourth-order valence-corrected chi connectivity index (χ4v) is 2.89. The number of halogens is 2. The summed E-state index contributed by atoms with van der Waals surface area (Å²) >= 11 is 0. The van der Waals surface area contributed by atoms with E-state index in [9.17, 15) is 13.6 Å². The van der Waals surface area contributed by atoms with Crippen LogP contribution in [0.3, 0.4) is 0 Å². The summed E-state index contributed by atoms with van der Waals surface area (Å²) in [4.78, 5) is 12.3. The lowest BCUT2D eigenvalue weighted by molar-refractivity contribution is -0.119. The maximum Gasteiger partial charge on any atom is 0.144 e. The van der Waals surface area contributed by atoms with Crippen molar-refractivity contribution in [3.8, 4) is 0 Å². The van der Waals surface area contributed by atoms with E-state index in [1.165, 1.54) is 23.8 Å². The lowest BCUT2D eigenvalue weighted by atomic mass is 9.92. The molecule has 1 nitrogen and oxygen atoms in total. The highest BCUT2D eigenvalue weighted by atomic mass is 19.1. The van der Waals surface area contributed by atoms with E-state index in [1.54, 1.807) is 0 Å². The highest BCUT2D eigenvalue weighted by Crippen LogP contribution is 2.34. The van der Waals surface area contributed by atoms with Gasteiger partial charge < -0.3 is 0 Å². The van der Waals surface area contributed by atoms with E-state index in [2.05, 4.69) is 0 Å². The molecule has 20 heavy (non-hydrogen) atoms. The number of benzene rings is 2. The SMILES string of the molecule is O=C(Cc1c(F)cccc1F)C1CCc2ccccc21. The molecule has 0 spiro atoms. The maximum absolute atomic E-state index is 13.6. The van der Waals surface area contributed by atoms with E-state index in [0.717, 1.165) is 18.4 Å². The first-order valence-corrected chi connectivity index (χ1v) is 6.70. The topological polar surface area (TPSA) is 17.1 Å². The second-order valence-electron chi connectivity index (χ2n) is 5.13. The molecule has 0 bridgehead atoms. The first kappa shape index (κ1) is 13.0. The van der Waals surface area contributed by atoms with E-state index in [0.29, 0.717) is 0 Å². The number of fused-ring (bicyclic) bond motifs is 1. The molecule has 0 aromatic heterocycles. The summed E-state index contributed by atoms with van der Waals surface area (Å²) < 4.78 is 27.2. The summed E-state index contributed by atoms with van der Waals surface area (Å²) in [7, 11) is 0. The Morgan fingerprint density at radius 3 is 2.50 bits per heavy atom. The van der Waals surface area contributed by atoms with Crippen LogP contribution in [0.15, 0.2) is 42.5 Å². The third-order valence-electron chi connectivity index (χ3n) is 3.93. The summed E-state index contributed by atoms with van der Waals surface area (Å²) in [6, 6.07) is 11.5. The predicted molar refractivity (Wildman–Crippen MR) is 72.6 cm³/mol. The van der Waals surface area contributed by atoms with Crippen LogP contribution in [0.5, 0.6) is 0 Å². The summed E-state index contributed by atoms with van der Waals surface area (Å²) in [6.07, 6.45) is 1.40. The third kappa shape index (κ3) is 2.24. The van der Waals surface area contributed by atoms with Crippen LogP contribution >= 0.6 is 0 Å². The van der Waals surface area contributed by atoms with Crippen LogP contribution < -0.4 is 0 Å². The molecule has 1 aliphatic rings.